The predicted octanol–water partition coefficient (Wildman–Crippen LogP) is 13.9. The van der Waals surface area contributed by atoms with Crippen molar-refractivity contribution in [3.63, 3.8) is 0 Å². The van der Waals surface area contributed by atoms with Gasteiger partial charge in [0.25, 0.3) is 0 Å². The molecule has 0 fully saturated rings. The van der Waals surface area contributed by atoms with Crippen molar-refractivity contribution in [2.24, 2.45) is 0 Å². The van der Waals surface area contributed by atoms with E-state index in [1.807, 2.05) is 0 Å². The Morgan fingerprint density at radius 3 is 1.58 bits per heavy atom. The number of benzene rings is 8. The lowest BCUT2D eigenvalue weighted by Gasteiger charge is -2.28. The van der Waals surface area contributed by atoms with E-state index in [4.69, 9.17) is 0 Å². The van der Waals surface area contributed by atoms with E-state index in [9.17, 15) is 0 Å². The molecule has 0 aliphatic heterocycles. The number of aromatic nitrogens is 1. The third-order valence-corrected chi connectivity index (χ3v) is 10.1. The average Bonchev–Trinajstić information content (AvgIpc) is 3.52. The zero-order chi connectivity index (χ0) is 35.0. The van der Waals surface area contributed by atoms with Crippen LogP contribution in [-0.2, 0) is 0 Å². The van der Waals surface area contributed by atoms with Crippen LogP contribution in [-0.4, -0.2) is 4.57 Å². The molecule has 1 aromatic heterocycles. The molecule has 0 aliphatic rings. The Labute approximate surface area is 305 Å². The van der Waals surface area contributed by atoms with Crippen LogP contribution in [0.5, 0.6) is 0 Å². The van der Waals surface area contributed by atoms with E-state index in [1.165, 1.54) is 72.0 Å². The first-order valence-electron chi connectivity index (χ1n) is 17.9. The van der Waals surface area contributed by atoms with Crippen LogP contribution in [0.3, 0.4) is 0 Å². The van der Waals surface area contributed by atoms with Gasteiger partial charge >= 0.3 is 0 Å². The SMILES string of the molecule is Cc1ccc(-n2c3ccc(-c4ccc(N(c5ccc(-c6ccccc6)cc5)c5ccccc5-c5ccccc5)cc4)cc3c3ccc(C)cc32)cc1. The van der Waals surface area contributed by atoms with Crippen molar-refractivity contribution < 1.29 is 0 Å². The molecule has 0 N–H and O–H groups in total. The Kier molecular flexibility index (Phi) is 7.98. The molecule has 0 spiro atoms. The Balaban J connectivity index is 1.14. The standard InChI is InChI=1S/C50H38N2/c1-35-17-25-44(26-18-35)52-49-32-24-41(34-47(49)46-31-19-36(2)33-50(46)52)39-22-29-43(30-23-39)51(42-27-20-38(21-28-42)37-11-5-3-6-12-37)48-16-10-9-15-45(48)40-13-7-4-8-14-40/h3-34H,1-2H3. The largest absolute Gasteiger partial charge is 0.310 e. The summed E-state index contributed by atoms with van der Waals surface area (Å²) in [6.07, 6.45) is 0. The zero-order valence-corrected chi connectivity index (χ0v) is 29.4. The van der Waals surface area contributed by atoms with E-state index in [2.05, 4.69) is 217 Å². The second kappa shape index (κ2) is 13.2. The normalized spacial score (nSPS) is 11.3. The third-order valence-electron chi connectivity index (χ3n) is 10.1. The summed E-state index contributed by atoms with van der Waals surface area (Å²) in [7, 11) is 0. The molecule has 0 saturated carbocycles. The topological polar surface area (TPSA) is 8.17 Å². The highest BCUT2D eigenvalue weighted by Gasteiger charge is 2.18. The van der Waals surface area contributed by atoms with Crippen molar-refractivity contribution in [1.82, 2.24) is 4.57 Å². The summed E-state index contributed by atoms with van der Waals surface area (Å²) >= 11 is 0. The smallest absolute Gasteiger partial charge is 0.0543 e. The van der Waals surface area contributed by atoms with Crippen LogP contribution in [0, 0.1) is 13.8 Å². The molecule has 0 bridgehead atoms. The molecule has 8 aromatic carbocycles. The lowest BCUT2D eigenvalue weighted by atomic mass is 10.00. The van der Waals surface area contributed by atoms with Gasteiger partial charge in [0, 0.05) is 33.4 Å². The van der Waals surface area contributed by atoms with E-state index in [0.717, 1.165) is 17.1 Å². The van der Waals surface area contributed by atoms with Crippen LogP contribution in [0.1, 0.15) is 11.1 Å². The molecule has 9 rings (SSSR count). The summed E-state index contributed by atoms with van der Waals surface area (Å²) in [5.41, 5.74) is 16.7. The van der Waals surface area contributed by atoms with Crippen molar-refractivity contribution >= 4 is 38.9 Å². The molecule has 248 valence electrons. The first-order valence-corrected chi connectivity index (χ1v) is 17.9. The second-order valence-electron chi connectivity index (χ2n) is 13.6. The fourth-order valence-corrected chi connectivity index (χ4v) is 7.48. The van der Waals surface area contributed by atoms with Gasteiger partial charge in [-0.05, 0) is 108 Å². The number of aryl methyl sites for hydroxylation is 2. The van der Waals surface area contributed by atoms with Crippen LogP contribution in [0.25, 0.3) is 60.9 Å². The second-order valence-corrected chi connectivity index (χ2v) is 13.6. The number of hydrogen-bond acceptors (Lipinski definition) is 1. The van der Waals surface area contributed by atoms with Crippen molar-refractivity contribution in [2.45, 2.75) is 13.8 Å². The number of fused-ring (bicyclic) bond motifs is 3. The van der Waals surface area contributed by atoms with E-state index in [0.29, 0.717) is 0 Å². The van der Waals surface area contributed by atoms with Crippen LogP contribution in [0.2, 0.25) is 0 Å². The third kappa shape index (κ3) is 5.75. The van der Waals surface area contributed by atoms with Crippen molar-refractivity contribution in [2.75, 3.05) is 4.90 Å². The Bertz CT molecular complexity index is 2650. The van der Waals surface area contributed by atoms with Gasteiger partial charge in [-0.3, -0.25) is 0 Å². The summed E-state index contributed by atoms with van der Waals surface area (Å²) in [5, 5.41) is 2.52. The molecular formula is C50H38N2. The molecule has 1 heterocycles. The monoisotopic (exact) mass is 666 g/mol. The van der Waals surface area contributed by atoms with Gasteiger partial charge in [-0.1, -0.05) is 139 Å². The Hall–Kier alpha value is -6.64. The summed E-state index contributed by atoms with van der Waals surface area (Å²) in [5.74, 6) is 0. The lowest BCUT2D eigenvalue weighted by Crippen LogP contribution is -2.11. The number of nitrogens with zero attached hydrogens (tertiary/aromatic N) is 2. The molecule has 0 radical (unpaired) electrons. The molecule has 52 heavy (non-hydrogen) atoms. The van der Waals surface area contributed by atoms with Gasteiger partial charge in [0.05, 0.1) is 16.7 Å². The summed E-state index contributed by atoms with van der Waals surface area (Å²) in [6.45, 7) is 4.31. The van der Waals surface area contributed by atoms with E-state index >= 15 is 0 Å². The Morgan fingerprint density at radius 1 is 0.365 bits per heavy atom. The summed E-state index contributed by atoms with van der Waals surface area (Å²) in [6, 6.07) is 70.4. The number of hydrogen-bond donors (Lipinski definition) is 0. The van der Waals surface area contributed by atoms with Crippen molar-refractivity contribution in [3.8, 4) is 39.1 Å². The minimum Gasteiger partial charge on any atom is -0.310 e. The van der Waals surface area contributed by atoms with Gasteiger partial charge < -0.3 is 9.47 Å². The van der Waals surface area contributed by atoms with Crippen LogP contribution in [0.15, 0.2) is 194 Å². The minimum atomic E-state index is 1.10. The van der Waals surface area contributed by atoms with Gasteiger partial charge in [-0.25, -0.2) is 0 Å². The Morgan fingerprint density at radius 2 is 0.904 bits per heavy atom. The predicted molar refractivity (Wildman–Crippen MR) is 221 cm³/mol. The van der Waals surface area contributed by atoms with Crippen molar-refractivity contribution in [1.29, 1.82) is 0 Å². The first-order chi connectivity index (χ1) is 25.6. The van der Waals surface area contributed by atoms with Gasteiger partial charge in [0.2, 0.25) is 0 Å². The van der Waals surface area contributed by atoms with Crippen LogP contribution < -0.4 is 4.90 Å². The maximum Gasteiger partial charge on any atom is 0.0543 e. The van der Waals surface area contributed by atoms with Crippen LogP contribution in [0.4, 0.5) is 17.1 Å². The molecule has 0 atom stereocenters. The molecule has 9 aromatic rings. The molecule has 0 unspecified atom stereocenters. The van der Waals surface area contributed by atoms with Gasteiger partial charge in [0.15, 0.2) is 0 Å². The fourth-order valence-electron chi connectivity index (χ4n) is 7.48. The average molecular weight is 667 g/mol. The summed E-state index contributed by atoms with van der Waals surface area (Å²) in [4.78, 5) is 2.38. The van der Waals surface area contributed by atoms with Gasteiger partial charge in [0.1, 0.15) is 0 Å². The van der Waals surface area contributed by atoms with Gasteiger partial charge in [-0.15, -0.1) is 0 Å². The quantitative estimate of drug-likeness (QED) is 0.164. The molecule has 2 nitrogen and oxygen atoms in total. The number of anilines is 3. The van der Waals surface area contributed by atoms with E-state index in [-0.39, 0.29) is 0 Å². The molecule has 0 amide bonds. The first kappa shape index (κ1) is 31.3. The molecular weight excluding hydrogens is 629 g/mol. The molecule has 0 aliphatic carbocycles. The maximum absolute atomic E-state index is 2.40. The minimum absolute atomic E-state index is 1.10. The number of rotatable bonds is 7. The highest BCUT2D eigenvalue weighted by atomic mass is 15.1. The molecule has 2 heteroatoms. The zero-order valence-electron chi connectivity index (χ0n) is 29.4. The maximum atomic E-state index is 2.40. The van der Waals surface area contributed by atoms with Crippen LogP contribution >= 0.6 is 0 Å². The highest BCUT2D eigenvalue weighted by Crippen LogP contribution is 2.42. The van der Waals surface area contributed by atoms with Gasteiger partial charge in [-0.2, -0.15) is 0 Å². The number of para-hydroxylation sites is 1. The van der Waals surface area contributed by atoms with E-state index < -0.39 is 0 Å². The molecule has 0 saturated heterocycles. The fraction of sp³-hybridized carbons (Fsp3) is 0.0400. The van der Waals surface area contributed by atoms with Crippen molar-refractivity contribution in [3.05, 3.63) is 205 Å². The summed E-state index contributed by atoms with van der Waals surface area (Å²) < 4.78 is 2.40. The van der Waals surface area contributed by atoms with E-state index in [1.54, 1.807) is 0 Å². The highest BCUT2D eigenvalue weighted by molar-refractivity contribution is 6.10. The lowest BCUT2D eigenvalue weighted by molar-refractivity contribution is 1.17.